The third-order valence-corrected chi connectivity index (χ3v) is 2.75. The lowest BCUT2D eigenvalue weighted by Gasteiger charge is -2.17. The molecule has 1 aromatic rings. The predicted octanol–water partition coefficient (Wildman–Crippen LogP) is 1.39. The van der Waals surface area contributed by atoms with Gasteiger partial charge in [-0.2, -0.15) is 0 Å². The summed E-state index contributed by atoms with van der Waals surface area (Å²) in [7, 11) is 0. The minimum absolute atomic E-state index is 0.160. The van der Waals surface area contributed by atoms with E-state index in [1.54, 1.807) is 13.1 Å². The van der Waals surface area contributed by atoms with Crippen LogP contribution in [0.4, 0.5) is 8.78 Å². The van der Waals surface area contributed by atoms with Gasteiger partial charge >= 0.3 is 0 Å². The molecule has 1 unspecified atom stereocenters. The number of nitrogens with zero attached hydrogens (tertiary/aromatic N) is 1. The van der Waals surface area contributed by atoms with E-state index < -0.39 is 19.0 Å². The molecule has 0 amide bonds. The standard InChI is InChI=1S/C8H13F2N3S/c1-6(7-12-2-3-14-7)13-5-8(9,10)4-11/h2-3,6,13H,4-5,11H2,1H3. The highest BCUT2D eigenvalue weighted by Crippen LogP contribution is 2.16. The second-order valence-corrected chi connectivity index (χ2v) is 3.96. The van der Waals surface area contributed by atoms with Crippen LogP contribution in [0, 0.1) is 0 Å². The number of aromatic nitrogens is 1. The van der Waals surface area contributed by atoms with E-state index in [2.05, 4.69) is 10.3 Å². The Labute approximate surface area is 85.3 Å². The average molecular weight is 221 g/mol. The van der Waals surface area contributed by atoms with Gasteiger partial charge in [0.15, 0.2) is 0 Å². The van der Waals surface area contributed by atoms with Crippen molar-refractivity contribution in [3.05, 3.63) is 16.6 Å². The SMILES string of the molecule is CC(NCC(F)(F)CN)c1nccs1. The second-order valence-electron chi connectivity index (χ2n) is 3.03. The Morgan fingerprint density at radius 1 is 1.71 bits per heavy atom. The fourth-order valence-corrected chi connectivity index (χ4v) is 1.58. The van der Waals surface area contributed by atoms with Gasteiger partial charge < -0.3 is 11.1 Å². The van der Waals surface area contributed by atoms with Crippen molar-refractivity contribution in [2.75, 3.05) is 13.1 Å². The highest BCUT2D eigenvalue weighted by molar-refractivity contribution is 7.09. The fourth-order valence-electron chi connectivity index (χ4n) is 0.910. The van der Waals surface area contributed by atoms with Crippen LogP contribution >= 0.6 is 11.3 Å². The molecule has 0 aromatic carbocycles. The summed E-state index contributed by atoms with van der Waals surface area (Å²) < 4.78 is 25.5. The maximum atomic E-state index is 12.8. The Balaban J connectivity index is 2.39. The van der Waals surface area contributed by atoms with E-state index in [4.69, 9.17) is 5.73 Å². The molecule has 1 rings (SSSR count). The van der Waals surface area contributed by atoms with Crippen molar-refractivity contribution in [1.29, 1.82) is 0 Å². The summed E-state index contributed by atoms with van der Waals surface area (Å²) >= 11 is 1.44. The Kier molecular flexibility index (Phi) is 3.91. The predicted molar refractivity (Wildman–Crippen MR) is 52.5 cm³/mol. The molecular formula is C8H13F2N3S. The van der Waals surface area contributed by atoms with Gasteiger partial charge in [-0.05, 0) is 6.92 Å². The lowest BCUT2D eigenvalue weighted by Crippen LogP contribution is -2.39. The van der Waals surface area contributed by atoms with E-state index in [-0.39, 0.29) is 6.04 Å². The maximum Gasteiger partial charge on any atom is 0.272 e. The maximum absolute atomic E-state index is 12.8. The van der Waals surface area contributed by atoms with Gasteiger partial charge in [0.05, 0.1) is 19.1 Å². The van der Waals surface area contributed by atoms with Crippen LogP contribution in [-0.4, -0.2) is 24.0 Å². The van der Waals surface area contributed by atoms with Crippen molar-refractivity contribution in [3.8, 4) is 0 Å². The summed E-state index contributed by atoms with van der Waals surface area (Å²) in [6, 6.07) is -0.160. The molecule has 80 valence electrons. The number of alkyl halides is 2. The summed E-state index contributed by atoms with van der Waals surface area (Å²) in [6.45, 7) is 0.750. The van der Waals surface area contributed by atoms with Gasteiger partial charge in [-0.1, -0.05) is 0 Å². The van der Waals surface area contributed by atoms with Gasteiger partial charge in [-0.3, -0.25) is 0 Å². The molecule has 0 aliphatic carbocycles. The summed E-state index contributed by atoms with van der Waals surface area (Å²) in [5.41, 5.74) is 4.91. The molecule has 0 saturated heterocycles. The zero-order valence-electron chi connectivity index (χ0n) is 7.84. The lowest BCUT2D eigenvalue weighted by atomic mass is 10.3. The highest BCUT2D eigenvalue weighted by Gasteiger charge is 2.27. The van der Waals surface area contributed by atoms with Crippen LogP contribution in [0.3, 0.4) is 0 Å². The first-order valence-corrected chi connectivity index (χ1v) is 5.14. The smallest absolute Gasteiger partial charge is 0.272 e. The zero-order chi connectivity index (χ0) is 10.6. The van der Waals surface area contributed by atoms with Gasteiger partial charge in [0.2, 0.25) is 0 Å². The Morgan fingerprint density at radius 3 is 2.93 bits per heavy atom. The molecule has 1 atom stereocenters. The zero-order valence-corrected chi connectivity index (χ0v) is 8.65. The molecule has 0 saturated carbocycles. The summed E-state index contributed by atoms with van der Waals surface area (Å²) in [4.78, 5) is 4.02. The number of thiazole rings is 1. The molecule has 1 heterocycles. The van der Waals surface area contributed by atoms with Crippen molar-refractivity contribution in [2.45, 2.75) is 18.9 Å². The highest BCUT2D eigenvalue weighted by atomic mass is 32.1. The topological polar surface area (TPSA) is 50.9 Å². The molecule has 6 heteroatoms. The molecule has 0 aliphatic heterocycles. The Hall–Kier alpha value is -0.590. The number of rotatable bonds is 5. The van der Waals surface area contributed by atoms with Crippen molar-refractivity contribution in [3.63, 3.8) is 0 Å². The van der Waals surface area contributed by atoms with E-state index in [9.17, 15) is 8.78 Å². The average Bonchev–Trinajstić information content (AvgIpc) is 2.67. The normalized spacial score (nSPS) is 14.3. The molecule has 0 spiro atoms. The lowest BCUT2D eigenvalue weighted by molar-refractivity contribution is 0.00959. The third kappa shape index (κ3) is 3.28. The van der Waals surface area contributed by atoms with E-state index in [1.165, 1.54) is 11.3 Å². The Bertz CT molecular complexity index is 264. The monoisotopic (exact) mass is 221 g/mol. The van der Waals surface area contributed by atoms with Crippen molar-refractivity contribution in [1.82, 2.24) is 10.3 Å². The molecular weight excluding hydrogens is 208 g/mol. The third-order valence-electron chi connectivity index (χ3n) is 1.79. The summed E-state index contributed by atoms with van der Waals surface area (Å²) in [5.74, 6) is -2.84. The van der Waals surface area contributed by atoms with Crippen LogP contribution in [0.5, 0.6) is 0 Å². The molecule has 0 aliphatic rings. The molecule has 1 aromatic heterocycles. The first kappa shape index (κ1) is 11.5. The number of nitrogens with two attached hydrogens (primary N) is 1. The number of hydrogen-bond donors (Lipinski definition) is 2. The molecule has 0 radical (unpaired) electrons. The Morgan fingerprint density at radius 2 is 2.43 bits per heavy atom. The van der Waals surface area contributed by atoms with Crippen molar-refractivity contribution < 1.29 is 8.78 Å². The van der Waals surface area contributed by atoms with Gasteiger partial charge in [-0.25, -0.2) is 13.8 Å². The minimum Gasteiger partial charge on any atom is -0.325 e. The van der Waals surface area contributed by atoms with E-state index in [0.717, 1.165) is 5.01 Å². The first-order chi connectivity index (χ1) is 6.55. The van der Waals surface area contributed by atoms with Gasteiger partial charge in [-0.15, -0.1) is 11.3 Å². The largest absolute Gasteiger partial charge is 0.325 e. The fraction of sp³-hybridized carbons (Fsp3) is 0.625. The van der Waals surface area contributed by atoms with Crippen LogP contribution < -0.4 is 11.1 Å². The van der Waals surface area contributed by atoms with Gasteiger partial charge in [0.1, 0.15) is 5.01 Å². The molecule has 0 bridgehead atoms. The first-order valence-electron chi connectivity index (χ1n) is 4.26. The summed E-state index contributed by atoms with van der Waals surface area (Å²) in [6.07, 6.45) is 1.65. The summed E-state index contributed by atoms with van der Waals surface area (Å²) in [5, 5.41) is 5.31. The number of halogens is 2. The van der Waals surface area contributed by atoms with Crippen LogP contribution in [-0.2, 0) is 0 Å². The van der Waals surface area contributed by atoms with Crippen LogP contribution in [0.1, 0.15) is 18.0 Å². The van der Waals surface area contributed by atoms with Crippen LogP contribution in [0.25, 0.3) is 0 Å². The van der Waals surface area contributed by atoms with Crippen LogP contribution in [0.2, 0.25) is 0 Å². The molecule has 14 heavy (non-hydrogen) atoms. The van der Waals surface area contributed by atoms with Crippen molar-refractivity contribution in [2.24, 2.45) is 5.73 Å². The second kappa shape index (κ2) is 4.77. The van der Waals surface area contributed by atoms with Crippen LogP contribution in [0.15, 0.2) is 11.6 Å². The van der Waals surface area contributed by atoms with E-state index in [1.807, 2.05) is 5.38 Å². The van der Waals surface area contributed by atoms with E-state index >= 15 is 0 Å². The number of nitrogens with one attached hydrogen (secondary N) is 1. The quantitative estimate of drug-likeness (QED) is 0.790. The van der Waals surface area contributed by atoms with Gasteiger partial charge in [0, 0.05) is 11.6 Å². The van der Waals surface area contributed by atoms with Crippen molar-refractivity contribution >= 4 is 11.3 Å². The van der Waals surface area contributed by atoms with E-state index in [0.29, 0.717) is 0 Å². The molecule has 3 N–H and O–H groups in total. The van der Waals surface area contributed by atoms with Gasteiger partial charge in [0.25, 0.3) is 5.92 Å². The molecule has 0 fully saturated rings. The molecule has 3 nitrogen and oxygen atoms in total. The number of hydrogen-bond acceptors (Lipinski definition) is 4. The minimum atomic E-state index is -2.84.